The smallest absolute Gasteiger partial charge is 0.263 e. The summed E-state index contributed by atoms with van der Waals surface area (Å²) in [6.45, 7) is 11.3. The molecule has 1 saturated heterocycles. The van der Waals surface area contributed by atoms with Crippen LogP contribution in [0.5, 0.6) is 0 Å². The molecule has 2 aliphatic rings. The number of piperazine rings is 1. The predicted molar refractivity (Wildman–Crippen MR) is 153 cm³/mol. The molecule has 0 amide bonds. The third-order valence-electron chi connectivity index (χ3n) is 7.68. The molecule has 3 aromatic rings. The molecule has 1 aliphatic carbocycles. The highest BCUT2D eigenvalue weighted by Gasteiger charge is 2.26. The fraction of sp³-hybridized carbons (Fsp3) is 0.500. The van der Waals surface area contributed by atoms with E-state index in [1.54, 1.807) is 12.4 Å². The molecule has 0 atom stereocenters. The molecule has 39 heavy (non-hydrogen) atoms. The van der Waals surface area contributed by atoms with Crippen molar-refractivity contribution in [3.8, 4) is 0 Å². The van der Waals surface area contributed by atoms with E-state index in [2.05, 4.69) is 39.0 Å². The summed E-state index contributed by atoms with van der Waals surface area (Å²) in [4.78, 5) is 40.7. The first kappa shape index (κ1) is 26.6. The van der Waals surface area contributed by atoms with Crippen molar-refractivity contribution < 1.29 is 4.74 Å². The van der Waals surface area contributed by atoms with E-state index < -0.39 is 0 Å². The Morgan fingerprint density at radius 3 is 2.59 bits per heavy atom. The van der Waals surface area contributed by atoms with Gasteiger partial charge in [0.15, 0.2) is 0 Å². The van der Waals surface area contributed by atoms with Crippen molar-refractivity contribution in [1.29, 1.82) is 0 Å². The van der Waals surface area contributed by atoms with Gasteiger partial charge in [-0.1, -0.05) is 32.8 Å². The van der Waals surface area contributed by atoms with Gasteiger partial charge in [0.05, 0.1) is 42.4 Å². The van der Waals surface area contributed by atoms with Crippen LogP contribution in [-0.2, 0) is 4.74 Å². The molecule has 11 heteroatoms. The number of hydrogen-bond acceptors (Lipinski definition) is 9. The van der Waals surface area contributed by atoms with E-state index in [1.165, 1.54) is 5.01 Å². The second-order valence-electron chi connectivity index (χ2n) is 10.2. The lowest BCUT2D eigenvalue weighted by Gasteiger charge is -2.32. The van der Waals surface area contributed by atoms with Gasteiger partial charge in [0, 0.05) is 30.7 Å². The summed E-state index contributed by atoms with van der Waals surface area (Å²) >= 11 is 0. The van der Waals surface area contributed by atoms with Crippen LogP contribution in [0.2, 0.25) is 0 Å². The number of aryl methyl sites for hydroxylation is 1. The third kappa shape index (κ3) is 5.57. The Bertz CT molecular complexity index is 1390. The lowest BCUT2D eigenvalue weighted by atomic mass is 10.0. The van der Waals surface area contributed by atoms with Crippen LogP contribution in [0.15, 0.2) is 41.2 Å². The standard InChI is InChI=1S/C28H36N8O3/c1-4-5-16-39-20(3)25-19(2)23-18-30-28(32-26(23)36(27(25)37)21-8-6-7-9-21)31-24-11-10-22(17-29-24)34-12-14-35(33-38)15-13-34/h10-11,17-18,21H,3-9,12-16H2,1-2H3,(H,29,30,31,32). The van der Waals surface area contributed by atoms with Crippen LogP contribution in [-0.4, -0.2) is 57.3 Å². The number of ether oxygens (including phenoxy) is 1. The number of unbranched alkanes of at least 4 members (excludes halogenated alkanes) is 1. The van der Waals surface area contributed by atoms with Crippen molar-refractivity contribution in [1.82, 2.24) is 24.5 Å². The van der Waals surface area contributed by atoms with E-state index in [0.717, 1.165) is 55.2 Å². The molecular formula is C28H36N8O3. The largest absolute Gasteiger partial charge is 0.493 e. The molecule has 5 rings (SSSR count). The molecule has 0 aromatic carbocycles. The number of nitroso groups, excluding NO2 is 1. The third-order valence-corrected chi connectivity index (χ3v) is 7.68. The summed E-state index contributed by atoms with van der Waals surface area (Å²) in [7, 11) is 0. The maximum absolute atomic E-state index is 13.9. The number of rotatable bonds is 10. The Balaban J connectivity index is 1.44. The first-order valence-corrected chi connectivity index (χ1v) is 13.8. The van der Waals surface area contributed by atoms with Crippen LogP contribution < -0.4 is 15.8 Å². The molecule has 206 valence electrons. The summed E-state index contributed by atoms with van der Waals surface area (Å²) in [5, 5.41) is 8.55. The lowest BCUT2D eigenvalue weighted by molar-refractivity contribution is 0.266. The van der Waals surface area contributed by atoms with Crippen LogP contribution in [0.1, 0.15) is 62.6 Å². The molecule has 11 nitrogen and oxygen atoms in total. The Hall–Kier alpha value is -4.02. The SMILES string of the molecule is C=C(OCCCC)c1c(C)c2cnc(Nc3ccc(N4CCN(N=O)CC4)cn3)nc2n(C2CCCC2)c1=O. The summed E-state index contributed by atoms with van der Waals surface area (Å²) in [5.41, 5.74) is 2.78. The van der Waals surface area contributed by atoms with Gasteiger partial charge in [0.1, 0.15) is 17.2 Å². The number of fused-ring (bicyclic) bond motifs is 1. The highest BCUT2D eigenvalue weighted by atomic mass is 16.5. The zero-order chi connectivity index (χ0) is 27.4. The highest BCUT2D eigenvalue weighted by molar-refractivity contribution is 5.84. The van der Waals surface area contributed by atoms with E-state index in [0.29, 0.717) is 61.5 Å². The van der Waals surface area contributed by atoms with Gasteiger partial charge in [-0.05, 0) is 43.9 Å². The first-order valence-electron chi connectivity index (χ1n) is 13.8. The molecular weight excluding hydrogens is 496 g/mol. The molecule has 0 radical (unpaired) electrons. The molecule has 0 bridgehead atoms. The normalized spacial score (nSPS) is 16.1. The van der Waals surface area contributed by atoms with E-state index in [4.69, 9.17) is 9.72 Å². The van der Waals surface area contributed by atoms with Crippen LogP contribution in [0, 0.1) is 11.8 Å². The van der Waals surface area contributed by atoms with E-state index in [9.17, 15) is 9.70 Å². The minimum absolute atomic E-state index is 0.0813. The predicted octanol–water partition coefficient (Wildman–Crippen LogP) is 4.94. The van der Waals surface area contributed by atoms with Crippen molar-refractivity contribution in [2.75, 3.05) is 43.0 Å². The Labute approximate surface area is 227 Å². The lowest BCUT2D eigenvalue weighted by Crippen LogP contribution is -2.43. The van der Waals surface area contributed by atoms with E-state index in [-0.39, 0.29) is 11.6 Å². The summed E-state index contributed by atoms with van der Waals surface area (Å²) in [6.07, 6.45) is 9.52. The van der Waals surface area contributed by atoms with Gasteiger partial charge in [0.25, 0.3) is 5.56 Å². The van der Waals surface area contributed by atoms with Crippen molar-refractivity contribution in [3.63, 3.8) is 0 Å². The van der Waals surface area contributed by atoms with Gasteiger partial charge in [-0.15, -0.1) is 4.91 Å². The Morgan fingerprint density at radius 1 is 1.15 bits per heavy atom. The second-order valence-corrected chi connectivity index (χ2v) is 10.2. The van der Waals surface area contributed by atoms with Crippen LogP contribution in [0.3, 0.4) is 0 Å². The van der Waals surface area contributed by atoms with Gasteiger partial charge in [0.2, 0.25) is 5.95 Å². The highest BCUT2D eigenvalue weighted by Crippen LogP contribution is 2.33. The molecule has 1 saturated carbocycles. The number of hydrogen-bond donors (Lipinski definition) is 1. The maximum Gasteiger partial charge on any atom is 0.263 e. The van der Waals surface area contributed by atoms with Gasteiger partial charge in [-0.25, -0.2) is 9.97 Å². The number of aromatic nitrogens is 4. The van der Waals surface area contributed by atoms with Crippen molar-refractivity contribution in [3.05, 3.63) is 57.5 Å². The minimum atomic E-state index is -0.106. The number of anilines is 3. The van der Waals surface area contributed by atoms with Crippen LogP contribution in [0.4, 0.5) is 17.5 Å². The molecule has 0 unspecified atom stereocenters. The summed E-state index contributed by atoms with van der Waals surface area (Å²) in [6, 6.07) is 3.94. The van der Waals surface area contributed by atoms with Gasteiger partial charge < -0.3 is 15.0 Å². The van der Waals surface area contributed by atoms with Gasteiger partial charge in [-0.3, -0.25) is 14.4 Å². The average Bonchev–Trinajstić information content (AvgIpc) is 3.48. The molecule has 1 aliphatic heterocycles. The zero-order valence-corrected chi connectivity index (χ0v) is 22.7. The Kier molecular flexibility index (Phi) is 8.04. The summed E-state index contributed by atoms with van der Waals surface area (Å²) in [5.74, 6) is 1.40. The number of pyridine rings is 2. The number of nitrogens with zero attached hydrogens (tertiary/aromatic N) is 7. The molecule has 1 N–H and O–H groups in total. The quantitative estimate of drug-likeness (QED) is 0.220. The van der Waals surface area contributed by atoms with Gasteiger partial charge in [-0.2, -0.15) is 4.98 Å². The topological polar surface area (TPSA) is 118 Å². The minimum Gasteiger partial charge on any atom is -0.493 e. The van der Waals surface area contributed by atoms with Crippen molar-refractivity contribution in [2.45, 2.75) is 58.4 Å². The monoisotopic (exact) mass is 532 g/mol. The van der Waals surface area contributed by atoms with Crippen LogP contribution in [0.25, 0.3) is 16.8 Å². The molecule has 4 heterocycles. The van der Waals surface area contributed by atoms with Crippen molar-refractivity contribution in [2.24, 2.45) is 5.29 Å². The average molecular weight is 533 g/mol. The number of nitrogens with one attached hydrogen (secondary N) is 1. The zero-order valence-electron chi connectivity index (χ0n) is 22.7. The maximum atomic E-state index is 13.9. The molecule has 2 fully saturated rings. The van der Waals surface area contributed by atoms with Gasteiger partial charge >= 0.3 is 0 Å². The second kappa shape index (κ2) is 11.8. The fourth-order valence-electron chi connectivity index (χ4n) is 5.43. The Morgan fingerprint density at radius 2 is 1.92 bits per heavy atom. The molecule has 3 aromatic heterocycles. The van der Waals surface area contributed by atoms with Crippen LogP contribution >= 0.6 is 0 Å². The summed E-state index contributed by atoms with van der Waals surface area (Å²) < 4.78 is 7.70. The van der Waals surface area contributed by atoms with Crippen molar-refractivity contribution >= 4 is 34.2 Å². The first-order chi connectivity index (χ1) is 19.0. The van der Waals surface area contributed by atoms with E-state index in [1.807, 2.05) is 23.6 Å². The van der Waals surface area contributed by atoms with E-state index >= 15 is 0 Å². The fourth-order valence-corrected chi connectivity index (χ4v) is 5.43. The molecule has 0 spiro atoms.